The molecule has 0 spiro atoms. The van der Waals surface area contributed by atoms with E-state index in [4.69, 9.17) is 25.5 Å². The minimum absolute atomic E-state index is 0.594. The average molecular weight is 453 g/mol. The molecule has 0 amide bonds. The first-order valence-electron chi connectivity index (χ1n) is 10.8. The fourth-order valence-corrected chi connectivity index (χ4v) is 4.54. The number of hydrogen-bond donors (Lipinski definition) is 0. The number of hydrogen-bond acceptors (Lipinski definition) is 5. The van der Waals surface area contributed by atoms with Crippen LogP contribution in [0.5, 0.6) is 11.5 Å². The molecule has 3 aromatic rings. The Hall–Kier alpha value is -4.37. The highest BCUT2D eigenvalue weighted by Crippen LogP contribution is 2.28. The summed E-state index contributed by atoms with van der Waals surface area (Å²) in [5.41, 5.74) is 3.41. The van der Waals surface area contributed by atoms with E-state index in [2.05, 4.69) is 21.7 Å². The summed E-state index contributed by atoms with van der Waals surface area (Å²) in [7, 11) is 6.92. The third kappa shape index (κ3) is 3.25. The lowest BCUT2D eigenvalue weighted by atomic mass is 10.0. The molecule has 1 aromatic heterocycles. The second kappa shape index (κ2) is 8.53. The van der Waals surface area contributed by atoms with Gasteiger partial charge in [-0.1, -0.05) is 41.4 Å². The minimum Gasteiger partial charge on any atom is -0.494 e. The molecule has 0 fully saturated rings. The monoisotopic (exact) mass is 452 g/mol. The van der Waals surface area contributed by atoms with E-state index in [1.807, 2.05) is 61.7 Å². The van der Waals surface area contributed by atoms with E-state index in [9.17, 15) is 0 Å². The van der Waals surface area contributed by atoms with Gasteiger partial charge in [0.1, 0.15) is 5.76 Å². The van der Waals surface area contributed by atoms with Gasteiger partial charge in [-0.3, -0.25) is 0 Å². The van der Waals surface area contributed by atoms with Gasteiger partial charge in [0, 0.05) is 29.0 Å². The standard InChI is InChI=1S/C28H24N2O4/c1-6-22(17-10-8-7-9-11-17)34-29-27-23(31-3)13-12-21-26(27)20-14-18-15-24(32-4)25(33-5)16-19(18)28(20)30(21)2/h1,7-16,22H,2-5H3. The summed E-state index contributed by atoms with van der Waals surface area (Å²) in [4.78, 5) is 5.88. The smallest absolute Gasteiger partial charge is 0.212 e. The second-order valence-electron chi connectivity index (χ2n) is 7.92. The van der Waals surface area contributed by atoms with Crippen molar-refractivity contribution in [2.24, 2.45) is 12.2 Å². The number of fused-ring (bicyclic) bond motifs is 4. The van der Waals surface area contributed by atoms with Crippen molar-refractivity contribution in [2.75, 3.05) is 21.3 Å². The second-order valence-corrected chi connectivity index (χ2v) is 7.92. The number of nitrogens with zero attached hydrogens (tertiary/aromatic N) is 2. The molecule has 6 nitrogen and oxygen atoms in total. The maximum Gasteiger partial charge on any atom is 0.212 e. The van der Waals surface area contributed by atoms with Gasteiger partial charge in [-0.25, -0.2) is 0 Å². The van der Waals surface area contributed by atoms with Crippen LogP contribution in [0.1, 0.15) is 22.8 Å². The van der Waals surface area contributed by atoms with Gasteiger partial charge in [0.25, 0.3) is 0 Å². The summed E-state index contributed by atoms with van der Waals surface area (Å²) in [5.74, 6) is 4.63. The minimum atomic E-state index is -0.618. The number of methoxy groups -OCH3 is 3. The van der Waals surface area contributed by atoms with Crippen LogP contribution >= 0.6 is 0 Å². The van der Waals surface area contributed by atoms with Gasteiger partial charge in [-0.05, 0) is 35.6 Å². The fourth-order valence-electron chi connectivity index (χ4n) is 4.54. The third-order valence-electron chi connectivity index (χ3n) is 6.17. The Morgan fingerprint density at radius 3 is 2.38 bits per heavy atom. The highest BCUT2D eigenvalue weighted by molar-refractivity contribution is 6.15. The van der Waals surface area contributed by atoms with Crippen molar-refractivity contribution in [1.29, 1.82) is 0 Å². The van der Waals surface area contributed by atoms with Crippen molar-refractivity contribution in [3.63, 3.8) is 0 Å². The molecule has 1 unspecified atom stereocenters. The molecular weight excluding hydrogens is 428 g/mol. The normalized spacial score (nSPS) is 15.0. The van der Waals surface area contributed by atoms with Crippen LogP contribution in [-0.4, -0.2) is 31.6 Å². The topological polar surface area (TPSA) is 54.2 Å². The summed E-state index contributed by atoms with van der Waals surface area (Å²) in [6.45, 7) is 0. The molecule has 2 aliphatic carbocycles. The maximum atomic E-state index is 5.88. The zero-order chi connectivity index (χ0) is 23.8. The summed E-state index contributed by atoms with van der Waals surface area (Å²) in [6.07, 6.45) is 11.2. The molecule has 6 heteroatoms. The largest absolute Gasteiger partial charge is 0.494 e. The quantitative estimate of drug-likeness (QED) is 0.334. The van der Waals surface area contributed by atoms with Crippen LogP contribution in [0.3, 0.4) is 0 Å². The predicted octanol–water partition coefficient (Wildman–Crippen LogP) is 2.89. The molecule has 2 aliphatic rings. The van der Waals surface area contributed by atoms with Crippen molar-refractivity contribution >= 4 is 17.9 Å². The lowest BCUT2D eigenvalue weighted by Gasteiger charge is -2.15. The van der Waals surface area contributed by atoms with Crippen LogP contribution < -0.4 is 20.0 Å². The van der Waals surface area contributed by atoms with Gasteiger partial charge in [-0.2, -0.15) is 0 Å². The zero-order valence-corrected chi connectivity index (χ0v) is 19.5. The highest BCUT2D eigenvalue weighted by atomic mass is 16.6. The van der Waals surface area contributed by atoms with Gasteiger partial charge >= 0.3 is 0 Å². The van der Waals surface area contributed by atoms with Crippen LogP contribution in [0.15, 0.2) is 59.5 Å². The summed E-state index contributed by atoms with van der Waals surface area (Å²) < 4.78 is 18.9. The summed E-state index contributed by atoms with van der Waals surface area (Å²) in [6, 6.07) is 13.6. The molecule has 5 rings (SSSR count). The zero-order valence-electron chi connectivity index (χ0n) is 19.5. The maximum absolute atomic E-state index is 5.88. The number of benzene rings is 2. The molecule has 0 saturated carbocycles. The van der Waals surface area contributed by atoms with E-state index in [0.29, 0.717) is 23.0 Å². The van der Waals surface area contributed by atoms with Crippen LogP contribution in [0.25, 0.3) is 12.2 Å². The first-order valence-corrected chi connectivity index (χ1v) is 10.8. The Kier molecular flexibility index (Phi) is 5.39. The molecule has 0 aliphatic heterocycles. The number of rotatable bonds is 6. The predicted molar refractivity (Wildman–Crippen MR) is 131 cm³/mol. The molecule has 0 bridgehead atoms. The molecule has 2 aromatic carbocycles. The van der Waals surface area contributed by atoms with Crippen molar-refractivity contribution in [3.05, 3.63) is 92.1 Å². The Labute approximate surface area is 197 Å². The van der Waals surface area contributed by atoms with E-state index < -0.39 is 6.10 Å². The summed E-state index contributed by atoms with van der Waals surface area (Å²) >= 11 is 0. The van der Waals surface area contributed by atoms with Crippen molar-refractivity contribution in [3.8, 4) is 23.8 Å². The van der Waals surface area contributed by atoms with E-state index in [0.717, 1.165) is 37.8 Å². The molecule has 0 N–H and O–H groups in total. The lowest BCUT2D eigenvalue weighted by Crippen LogP contribution is -2.26. The Morgan fingerprint density at radius 1 is 0.971 bits per heavy atom. The van der Waals surface area contributed by atoms with Crippen LogP contribution in [0.4, 0.5) is 0 Å². The Bertz CT molecular complexity index is 1610. The molecule has 0 saturated heterocycles. The average Bonchev–Trinajstić information content (AvgIpc) is 3.38. The molecule has 1 atom stereocenters. The van der Waals surface area contributed by atoms with E-state index in [-0.39, 0.29) is 0 Å². The van der Waals surface area contributed by atoms with Crippen LogP contribution in [0.2, 0.25) is 0 Å². The SMILES string of the molecule is C#CC(ON=C1C(OC)=CC=c2c1c1c(n2C)=c2cc(OC)c(OC)cc2=C1)c1ccccc1. The number of allylic oxidation sites excluding steroid dienone is 2. The van der Waals surface area contributed by atoms with E-state index >= 15 is 0 Å². The fraction of sp³-hybridized carbons (Fsp3) is 0.179. The van der Waals surface area contributed by atoms with Gasteiger partial charge in [-0.15, -0.1) is 6.42 Å². The lowest BCUT2D eigenvalue weighted by molar-refractivity contribution is 0.0989. The first-order chi connectivity index (χ1) is 16.6. The van der Waals surface area contributed by atoms with E-state index in [1.165, 1.54) is 0 Å². The van der Waals surface area contributed by atoms with Crippen LogP contribution in [-0.2, 0) is 16.6 Å². The number of terminal acetylenes is 1. The van der Waals surface area contributed by atoms with E-state index in [1.54, 1.807) is 21.3 Å². The molecular formula is C28H24N2O4. The number of oxime groups is 1. The van der Waals surface area contributed by atoms with Gasteiger partial charge in [0.15, 0.2) is 17.2 Å². The Balaban J connectivity index is 1.71. The van der Waals surface area contributed by atoms with Crippen molar-refractivity contribution < 1.29 is 19.0 Å². The Morgan fingerprint density at radius 2 is 1.71 bits per heavy atom. The molecule has 34 heavy (non-hydrogen) atoms. The summed E-state index contributed by atoms with van der Waals surface area (Å²) in [5, 5.41) is 8.69. The van der Waals surface area contributed by atoms with Crippen LogP contribution in [0, 0.1) is 22.9 Å². The van der Waals surface area contributed by atoms with Gasteiger partial charge < -0.3 is 23.6 Å². The molecule has 1 heterocycles. The van der Waals surface area contributed by atoms with Crippen molar-refractivity contribution in [1.82, 2.24) is 4.57 Å². The molecule has 0 radical (unpaired) electrons. The van der Waals surface area contributed by atoms with Crippen molar-refractivity contribution in [2.45, 2.75) is 6.10 Å². The number of ether oxygens (including phenoxy) is 3. The number of aromatic nitrogens is 1. The molecule has 170 valence electrons. The first kappa shape index (κ1) is 21.5. The third-order valence-corrected chi connectivity index (χ3v) is 6.17. The van der Waals surface area contributed by atoms with Gasteiger partial charge in [0.2, 0.25) is 6.10 Å². The highest BCUT2D eigenvalue weighted by Gasteiger charge is 2.26. The van der Waals surface area contributed by atoms with Gasteiger partial charge in [0.05, 0.1) is 32.0 Å².